The summed E-state index contributed by atoms with van der Waals surface area (Å²) in [6.07, 6.45) is 0.922. The number of nitrogens with one attached hydrogen (secondary N) is 1. The zero-order valence-electron chi connectivity index (χ0n) is 14.0. The molecule has 4 nitrogen and oxygen atoms in total. The van der Waals surface area contributed by atoms with Crippen molar-refractivity contribution in [3.63, 3.8) is 0 Å². The first kappa shape index (κ1) is 16.0. The Kier molecular flexibility index (Phi) is 4.14. The van der Waals surface area contributed by atoms with Crippen LogP contribution in [0.5, 0.6) is 0 Å². The summed E-state index contributed by atoms with van der Waals surface area (Å²) in [4.78, 5) is 14.7. The molecule has 0 spiro atoms. The van der Waals surface area contributed by atoms with Crippen LogP contribution in [-0.2, 0) is 0 Å². The topological polar surface area (TPSA) is 45.5 Å². The highest BCUT2D eigenvalue weighted by Crippen LogP contribution is 2.29. The van der Waals surface area contributed by atoms with Crippen LogP contribution < -0.4 is 5.32 Å². The Morgan fingerprint density at radius 3 is 2.84 bits per heavy atom. The molecule has 0 saturated carbocycles. The minimum atomic E-state index is -0.0535. The van der Waals surface area contributed by atoms with Gasteiger partial charge in [0.25, 0.3) is 5.91 Å². The second-order valence-corrected chi connectivity index (χ2v) is 6.88. The summed E-state index contributed by atoms with van der Waals surface area (Å²) in [5.74, 6) is 0.361. The first-order valence-electron chi connectivity index (χ1n) is 8.41. The molecule has 2 heterocycles. The van der Waals surface area contributed by atoms with Gasteiger partial charge in [0.1, 0.15) is 5.58 Å². The van der Waals surface area contributed by atoms with E-state index in [1.54, 1.807) is 6.07 Å². The average Bonchev–Trinajstić information content (AvgIpc) is 3.21. The predicted octanol–water partition coefficient (Wildman–Crippen LogP) is 4.72. The number of likely N-dealkylation sites (tertiary alicyclic amines) is 1. The molecule has 1 aromatic heterocycles. The van der Waals surface area contributed by atoms with Gasteiger partial charge in [0.05, 0.1) is 0 Å². The van der Waals surface area contributed by atoms with E-state index in [0.717, 1.165) is 29.6 Å². The number of halogens is 1. The highest BCUT2D eigenvalue weighted by atomic mass is 35.5. The van der Waals surface area contributed by atoms with Gasteiger partial charge >= 0.3 is 0 Å². The molecule has 4 rings (SSSR count). The molecule has 1 saturated heterocycles. The number of hydrogen-bond acceptors (Lipinski definition) is 3. The summed E-state index contributed by atoms with van der Waals surface area (Å²) in [7, 11) is 0. The Bertz CT molecular complexity index is 920. The third-order valence-corrected chi connectivity index (χ3v) is 4.95. The summed E-state index contributed by atoms with van der Waals surface area (Å²) in [5.41, 5.74) is 2.63. The maximum absolute atomic E-state index is 12.9. The number of anilines is 1. The molecule has 0 radical (unpaired) electrons. The molecule has 1 atom stereocenters. The fraction of sp³-hybridized carbons (Fsp3) is 0.250. The minimum absolute atomic E-state index is 0.0535. The van der Waals surface area contributed by atoms with Gasteiger partial charge < -0.3 is 14.6 Å². The zero-order chi connectivity index (χ0) is 17.4. The van der Waals surface area contributed by atoms with Gasteiger partial charge in [0, 0.05) is 40.8 Å². The summed E-state index contributed by atoms with van der Waals surface area (Å²) in [6, 6.07) is 15.8. The molecular formula is C20H19ClN2O2. The average molecular weight is 355 g/mol. The number of amides is 1. The molecular weight excluding hydrogens is 336 g/mol. The van der Waals surface area contributed by atoms with Crippen molar-refractivity contribution in [3.8, 4) is 0 Å². The SMILES string of the molecule is Cc1c(C(=O)N2CCC(Nc3ccccc3)C2)oc2ccc(Cl)cc12. The molecule has 1 N–H and O–H groups in total. The molecule has 1 fully saturated rings. The van der Waals surface area contributed by atoms with Crippen molar-refractivity contribution in [1.82, 2.24) is 4.90 Å². The van der Waals surface area contributed by atoms with Crippen LogP contribution in [-0.4, -0.2) is 29.9 Å². The van der Waals surface area contributed by atoms with Crippen molar-refractivity contribution in [2.24, 2.45) is 0 Å². The molecule has 1 aliphatic heterocycles. The number of carbonyl (C=O) groups is 1. The quantitative estimate of drug-likeness (QED) is 0.740. The smallest absolute Gasteiger partial charge is 0.289 e. The number of fused-ring (bicyclic) bond motifs is 1. The van der Waals surface area contributed by atoms with Gasteiger partial charge in [-0.2, -0.15) is 0 Å². The molecule has 0 bridgehead atoms. The van der Waals surface area contributed by atoms with Gasteiger partial charge in [0.15, 0.2) is 5.76 Å². The third kappa shape index (κ3) is 3.10. The highest BCUT2D eigenvalue weighted by molar-refractivity contribution is 6.31. The number of para-hydroxylation sites is 1. The molecule has 1 amide bonds. The number of furan rings is 1. The second kappa shape index (κ2) is 6.45. The van der Waals surface area contributed by atoms with Crippen LogP contribution in [0.15, 0.2) is 52.9 Å². The number of hydrogen-bond donors (Lipinski definition) is 1. The van der Waals surface area contributed by atoms with Crippen molar-refractivity contribution in [1.29, 1.82) is 0 Å². The van der Waals surface area contributed by atoms with Crippen LogP contribution in [0.1, 0.15) is 22.5 Å². The molecule has 0 aliphatic carbocycles. The number of benzene rings is 2. The van der Waals surface area contributed by atoms with E-state index in [2.05, 4.69) is 5.32 Å². The normalized spacial score (nSPS) is 17.2. The van der Waals surface area contributed by atoms with E-state index in [4.69, 9.17) is 16.0 Å². The molecule has 2 aromatic carbocycles. The summed E-state index contributed by atoms with van der Waals surface area (Å²) in [6.45, 7) is 3.30. The number of rotatable bonds is 3. The van der Waals surface area contributed by atoms with Gasteiger partial charge in [-0.1, -0.05) is 29.8 Å². The molecule has 1 unspecified atom stereocenters. The Labute approximate surface area is 151 Å². The maximum atomic E-state index is 12.9. The van der Waals surface area contributed by atoms with Crippen LogP contribution in [0.3, 0.4) is 0 Å². The van der Waals surface area contributed by atoms with Gasteiger partial charge in [-0.3, -0.25) is 4.79 Å². The number of aryl methyl sites for hydroxylation is 1. The van der Waals surface area contributed by atoms with E-state index in [0.29, 0.717) is 22.9 Å². The van der Waals surface area contributed by atoms with E-state index in [9.17, 15) is 4.79 Å². The lowest BCUT2D eigenvalue weighted by Gasteiger charge is -2.17. The fourth-order valence-corrected chi connectivity index (χ4v) is 3.55. The Morgan fingerprint density at radius 2 is 2.04 bits per heavy atom. The van der Waals surface area contributed by atoms with Gasteiger partial charge in [-0.15, -0.1) is 0 Å². The first-order chi connectivity index (χ1) is 12.1. The predicted molar refractivity (Wildman–Crippen MR) is 100 cm³/mol. The summed E-state index contributed by atoms with van der Waals surface area (Å²) >= 11 is 6.06. The Balaban J connectivity index is 1.51. The second-order valence-electron chi connectivity index (χ2n) is 6.44. The lowest BCUT2D eigenvalue weighted by Crippen LogP contribution is -2.31. The Morgan fingerprint density at radius 1 is 1.24 bits per heavy atom. The number of carbonyl (C=O) groups excluding carboxylic acids is 1. The van der Waals surface area contributed by atoms with Crippen LogP contribution >= 0.6 is 11.6 Å². The first-order valence-corrected chi connectivity index (χ1v) is 8.79. The molecule has 3 aromatic rings. The lowest BCUT2D eigenvalue weighted by atomic mass is 10.1. The van der Waals surface area contributed by atoms with Crippen LogP contribution in [0, 0.1) is 6.92 Å². The van der Waals surface area contributed by atoms with Gasteiger partial charge in [0.2, 0.25) is 0 Å². The van der Waals surface area contributed by atoms with E-state index < -0.39 is 0 Å². The highest BCUT2D eigenvalue weighted by Gasteiger charge is 2.30. The zero-order valence-corrected chi connectivity index (χ0v) is 14.7. The number of nitrogens with zero attached hydrogens (tertiary/aromatic N) is 1. The van der Waals surface area contributed by atoms with Crippen molar-refractivity contribution in [3.05, 3.63) is 64.9 Å². The van der Waals surface area contributed by atoms with Crippen molar-refractivity contribution in [2.75, 3.05) is 18.4 Å². The van der Waals surface area contributed by atoms with E-state index in [1.165, 1.54) is 0 Å². The summed E-state index contributed by atoms with van der Waals surface area (Å²) < 4.78 is 5.81. The van der Waals surface area contributed by atoms with Crippen LogP contribution in [0.4, 0.5) is 5.69 Å². The molecule has 1 aliphatic rings. The standard InChI is InChI=1S/C20H19ClN2O2/c1-13-17-11-14(21)7-8-18(17)25-19(13)20(24)23-10-9-16(12-23)22-15-5-3-2-4-6-15/h2-8,11,16,22H,9-10,12H2,1H3. The molecule has 128 valence electrons. The maximum Gasteiger partial charge on any atom is 0.289 e. The monoisotopic (exact) mass is 354 g/mol. The van der Waals surface area contributed by atoms with Crippen molar-refractivity contribution in [2.45, 2.75) is 19.4 Å². The lowest BCUT2D eigenvalue weighted by molar-refractivity contribution is 0.0761. The molecule has 25 heavy (non-hydrogen) atoms. The Hall–Kier alpha value is -2.46. The minimum Gasteiger partial charge on any atom is -0.451 e. The van der Waals surface area contributed by atoms with Crippen molar-refractivity contribution >= 4 is 34.2 Å². The van der Waals surface area contributed by atoms with E-state index in [1.807, 2.05) is 54.3 Å². The fourth-order valence-electron chi connectivity index (χ4n) is 3.37. The van der Waals surface area contributed by atoms with Gasteiger partial charge in [-0.05, 0) is 43.7 Å². The van der Waals surface area contributed by atoms with E-state index >= 15 is 0 Å². The largest absolute Gasteiger partial charge is 0.451 e. The van der Waals surface area contributed by atoms with Crippen molar-refractivity contribution < 1.29 is 9.21 Å². The van der Waals surface area contributed by atoms with Gasteiger partial charge in [-0.25, -0.2) is 0 Å². The van der Waals surface area contributed by atoms with Crippen LogP contribution in [0.25, 0.3) is 11.0 Å². The summed E-state index contributed by atoms with van der Waals surface area (Å²) in [5, 5.41) is 5.02. The molecule has 5 heteroatoms. The third-order valence-electron chi connectivity index (χ3n) is 4.71. The van der Waals surface area contributed by atoms with E-state index in [-0.39, 0.29) is 11.9 Å². The van der Waals surface area contributed by atoms with Crippen LogP contribution in [0.2, 0.25) is 5.02 Å².